The molecule has 0 saturated heterocycles. The highest BCUT2D eigenvalue weighted by Crippen LogP contribution is 2.16. The molecule has 1 aromatic carbocycles. The number of aromatic amines is 2. The first-order chi connectivity index (χ1) is 7.58. The molecule has 0 atom stereocenters. The Morgan fingerprint density at radius 1 is 1.12 bits per heavy atom. The average molecular weight is 217 g/mol. The Labute approximate surface area is 91.2 Å². The van der Waals surface area contributed by atoms with Gasteiger partial charge in [-0.25, -0.2) is 9.89 Å². The van der Waals surface area contributed by atoms with E-state index in [9.17, 15) is 9.59 Å². The van der Waals surface area contributed by atoms with E-state index in [2.05, 4.69) is 15.2 Å². The third-order valence-corrected chi connectivity index (χ3v) is 2.49. The quantitative estimate of drug-likeness (QED) is 0.739. The normalized spacial score (nSPS) is 10.4. The number of hydrogen-bond acceptors (Lipinski definition) is 3. The fourth-order valence-electron chi connectivity index (χ4n) is 1.43. The van der Waals surface area contributed by atoms with E-state index >= 15 is 0 Å². The van der Waals surface area contributed by atoms with Gasteiger partial charge in [-0.2, -0.15) is 5.10 Å². The third kappa shape index (κ3) is 1.79. The molecule has 2 aromatic rings. The lowest BCUT2D eigenvalue weighted by atomic mass is 10.0. The minimum atomic E-state index is -0.599. The predicted octanol–water partition coefficient (Wildman–Crippen LogP) is 0.742. The van der Waals surface area contributed by atoms with Gasteiger partial charge in [-0.3, -0.25) is 9.78 Å². The maximum atomic E-state index is 11.5. The summed E-state index contributed by atoms with van der Waals surface area (Å²) >= 11 is 0. The molecule has 2 rings (SSSR count). The van der Waals surface area contributed by atoms with Crippen molar-refractivity contribution in [3.63, 3.8) is 0 Å². The Bertz CT molecular complexity index is 640. The van der Waals surface area contributed by atoms with Gasteiger partial charge in [0.15, 0.2) is 5.69 Å². The van der Waals surface area contributed by atoms with Crippen molar-refractivity contribution in [3.05, 3.63) is 50.2 Å². The smallest absolute Gasteiger partial charge is 0.271 e. The van der Waals surface area contributed by atoms with Crippen LogP contribution in [0.5, 0.6) is 0 Å². The molecule has 0 amide bonds. The topological polar surface area (TPSA) is 78.6 Å². The summed E-state index contributed by atoms with van der Waals surface area (Å²) in [5, 5.41) is 5.95. The van der Waals surface area contributed by atoms with Crippen molar-refractivity contribution in [1.82, 2.24) is 15.2 Å². The van der Waals surface area contributed by atoms with Crippen LogP contribution in [-0.2, 0) is 0 Å². The van der Waals surface area contributed by atoms with Gasteiger partial charge in [0.1, 0.15) is 0 Å². The van der Waals surface area contributed by atoms with E-state index in [4.69, 9.17) is 0 Å². The first-order valence-corrected chi connectivity index (χ1v) is 4.84. The zero-order valence-electron chi connectivity index (χ0n) is 9.00. The molecule has 0 radical (unpaired) electrons. The van der Waals surface area contributed by atoms with Gasteiger partial charge in [0, 0.05) is 5.56 Å². The second-order valence-corrected chi connectivity index (χ2v) is 3.65. The van der Waals surface area contributed by atoms with Crippen LogP contribution in [0, 0.1) is 13.8 Å². The summed E-state index contributed by atoms with van der Waals surface area (Å²) in [6.45, 7) is 3.95. The van der Waals surface area contributed by atoms with E-state index in [1.54, 1.807) is 6.07 Å². The Morgan fingerprint density at radius 2 is 1.88 bits per heavy atom. The van der Waals surface area contributed by atoms with Crippen LogP contribution in [0.1, 0.15) is 11.1 Å². The van der Waals surface area contributed by atoms with E-state index < -0.39 is 11.2 Å². The van der Waals surface area contributed by atoms with Crippen LogP contribution >= 0.6 is 0 Å². The molecule has 82 valence electrons. The van der Waals surface area contributed by atoms with E-state index in [1.807, 2.05) is 26.0 Å². The van der Waals surface area contributed by atoms with Crippen molar-refractivity contribution in [2.45, 2.75) is 13.8 Å². The second kappa shape index (κ2) is 3.77. The van der Waals surface area contributed by atoms with E-state index in [1.165, 1.54) is 0 Å². The number of rotatable bonds is 1. The van der Waals surface area contributed by atoms with Crippen LogP contribution in [0.4, 0.5) is 0 Å². The van der Waals surface area contributed by atoms with Crippen LogP contribution in [0.15, 0.2) is 27.8 Å². The summed E-state index contributed by atoms with van der Waals surface area (Å²) in [4.78, 5) is 24.5. The van der Waals surface area contributed by atoms with Crippen LogP contribution in [0.25, 0.3) is 11.3 Å². The minimum Gasteiger partial charge on any atom is -0.271 e. The summed E-state index contributed by atoms with van der Waals surface area (Å²) in [6.07, 6.45) is 0. The summed E-state index contributed by atoms with van der Waals surface area (Å²) in [6, 6.07) is 5.58. The van der Waals surface area contributed by atoms with E-state index in [0.29, 0.717) is 5.56 Å². The van der Waals surface area contributed by atoms with Gasteiger partial charge in [-0.1, -0.05) is 12.1 Å². The molecule has 5 nitrogen and oxygen atoms in total. The number of hydrogen-bond donors (Lipinski definition) is 2. The Hall–Kier alpha value is -2.17. The molecule has 0 aliphatic rings. The minimum absolute atomic E-state index is 0.225. The SMILES string of the molecule is Cc1ccc(-c2n[nH]c(=O)[nH]c2=O)cc1C. The van der Waals surface area contributed by atoms with Crippen LogP contribution in [0.3, 0.4) is 0 Å². The highest BCUT2D eigenvalue weighted by atomic mass is 16.2. The maximum absolute atomic E-state index is 11.5. The first kappa shape index (κ1) is 10.4. The van der Waals surface area contributed by atoms with Crippen molar-refractivity contribution >= 4 is 0 Å². The van der Waals surface area contributed by atoms with Crippen molar-refractivity contribution in [2.24, 2.45) is 0 Å². The molecule has 2 N–H and O–H groups in total. The van der Waals surface area contributed by atoms with Crippen LogP contribution in [0.2, 0.25) is 0 Å². The zero-order chi connectivity index (χ0) is 11.7. The van der Waals surface area contributed by atoms with E-state index in [0.717, 1.165) is 11.1 Å². The highest BCUT2D eigenvalue weighted by molar-refractivity contribution is 5.59. The number of nitrogens with zero attached hydrogens (tertiary/aromatic N) is 1. The summed E-state index contributed by atoms with van der Waals surface area (Å²) in [7, 11) is 0. The number of H-pyrrole nitrogens is 2. The summed E-state index contributed by atoms with van der Waals surface area (Å²) in [5.41, 5.74) is 2.06. The summed E-state index contributed by atoms with van der Waals surface area (Å²) < 4.78 is 0. The van der Waals surface area contributed by atoms with E-state index in [-0.39, 0.29) is 5.69 Å². The van der Waals surface area contributed by atoms with Gasteiger partial charge in [0.05, 0.1) is 0 Å². The van der Waals surface area contributed by atoms with Gasteiger partial charge < -0.3 is 0 Å². The molecule has 0 aliphatic carbocycles. The molecule has 0 bridgehead atoms. The summed E-state index contributed by atoms with van der Waals surface area (Å²) in [5.74, 6) is 0. The van der Waals surface area contributed by atoms with Gasteiger partial charge in [-0.15, -0.1) is 0 Å². The monoisotopic (exact) mass is 217 g/mol. The fourth-order valence-corrected chi connectivity index (χ4v) is 1.43. The average Bonchev–Trinajstić information content (AvgIpc) is 2.22. The molecule has 0 saturated carbocycles. The molecule has 1 heterocycles. The third-order valence-electron chi connectivity index (χ3n) is 2.49. The van der Waals surface area contributed by atoms with Crippen molar-refractivity contribution in [1.29, 1.82) is 0 Å². The number of aryl methyl sites for hydroxylation is 2. The van der Waals surface area contributed by atoms with Gasteiger partial charge in [0.2, 0.25) is 0 Å². The van der Waals surface area contributed by atoms with Crippen molar-refractivity contribution in [3.8, 4) is 11.3 Å². The lowest BCUT2D eigenvalue weighted by Crippen LogP contribution is -2.25. The number of aromatic nitrogens is 3. The lowest BCUT2D eigenvalue weighted by Gasteiger charge is -2.02. The molecular weight excluding hydrogens is 206 g/mol. The molecule has 1 aromatic heterocycles. The standard InChI is InChI=1S/C11H11N3O2/c1-6-3-4-8(5-7(6)2)9-10(15)12-11(16)14-13-9/h3-5H,1-2H3,(H2,12,14,15,16). The number of benzene rings is 1. The fraction of sp³-hybridized carbons (Fsp3) is 0.182. The molecule has 0 aliphatic heterocycles. The first-order valence-electron chi connectivity index (χ1n) is 4.84. The van der Waals surface area contributed by atoms with Crippen molar-refractivity contribution < 1.29 is 0 Å². The Balaban J connectivity index is 2.63. The van der Waals surface area contributed by atoms with Crippen LogP contribution < -0.4 is 11.2 Å². The highest BCUT2D eigenvalue weighted by Gasteiger charge is 2.06. The van der Waals surface area contributed by atoms with Gasteiger partial charge in [-0.05, 0) is 31.0 Å². The zero-order valence-corrected chi connectivity index (χ0v) is 9.00. The largest absolute Gasteiger partial charge is 0.342 e. The molecule has 16 heavy (non-hydrogen) atoms. The maximum Gasteiger partial charge on any atom is 0.342 e. The molecule has 5 heteroatoms. The van der Waals surface area contributed by atoms with Gasteiger partial charge >= 0.3 is 5.69 Å². The lowest BCUT2D eigenvalue weighted by molar-refractivity contribution is 0.897. The molecule has 0 unspecified atom stereocenters. The Kier molecular flexibility index (Phi) is 2.44. The van der Waals surface area contributed by atoms with Gasteiger partial charge in [0.25, 0.3) is 5.56 Å². The molecule has 0 spiro atoms. The molecular formula is C11H11N3O2. The van der Waals surface area contributed by atoms with Crippen molar-refractivity contribution in [2.75, 3.05) is 0 Å². The Morgan fingerprint density at radius 3 is 2.50 bits per heavy atom. The molecule has 0 fully saturated rings. The number of nitrogens with one attached hydrogen (secondary N) is 2. The second-order valence-electron chi connectivity index (χ2n) is 3.65. The predicted molar refractivity (Wildman–Crippen MR) is 60.4 cm³/mol. The van der Waals surface area contributed by atoms with Crippen LogP contribution in [-0.4, -0.2) is 15.2 Å².